The van der Waals surface area contributed by atoms with Crippen molar-refractivity contribution in [1.82, 2.24) is 20.1 Å². The maximum absolute atomic E-state index is 13.3. The smallest absolute Gasteiger partial charge is 0.229 e. The number of nitrogens with one attached hydrogen (secondary N) is 2. The van der Waals surface area contributed by atoms with E-state index in [1.165, 1.54) is 12.1 Å². The van der Waals surface area contributed by atoms with Crippen LogP contribution in [0.15, 0.2) is 24.3 Å². The predicted octanol–water partition coefficient (Wildman–Crippen LogP) is 2.66. The Balaban J connectivity index is 0.00000243. The molecule has 0 aliphatic carbocycles. The number of carbonyl (C=O) groups excluding carboxylic acids is 1. The molecular formula is C18H25ClFN5O. The van der Waals surface area contributed by atoms with Crippen molar-refractivity contribution in [2.24, 2.45) is 13.0 Å². The van der Waals surface area contributed by atoms with E-state index in [0.29, 0.717) is 18.3 Å². The summed E-state index contributed by atoms with van der Waals surface area (Å²) in [6.07, 6.45) is 2.49. The number of hydrogen-bond donors (Lipinski definition) is 2. The van der Waals surface area contributed by atoms with Crippen molar-refractivity contribution in [3.8, 4) is 0 Å². The van der Waals surface area contributed by atoms with Crippen LogP contribution < -0.4 is 10.6 Å². The maximum atomic E-state index is 13.3. The number of hydrogen-bond acceptors (Lipinski definition) is 4. The SMILES string of the molecule is CC(Cc1cccc(F)c1)C(=O)Nc1nc(C2CCNCC2)nn1C.Cl. The summed E-state index contributed by atoms with van der Waals surface area (Å²) in [5.41, 5.74) is 0.802. The Morgan fingerprint density at radius 1 is 1.42 bits per heavy atom. The highest BCUT2D eigenvalue weighted by Crippen LogP contribution is 2.23. The molecule has 0 spiro atoms. The van der Waals surface area contributed by atoms with E-state index < -0.39 is 0 Å². The average Bonchev–Trinajstić information content (AvgIpc) is 2.96. The number of aromatic nitrogens is 3. The van der Waals surface area contributed by atoms with Gasteiger partial charge in [-0.05, 0) is 50.0 Å². The van der Waals surface area contributed by atoms with Crippen molar-refractivity contribution in [1.29, 1.82) is 0 Å². The second-order valence-corrected chi connectivity index (χ2v) is 6.67. The number of anilines is 1. The molecule has 26 heavy (non-hydrogen) atoms. The van der Waals surface area contributed by atoms with Crippen molar-refractivity contribution in [3.05, 3.63) is 41.5 Å². The van der Waals surface area contributed by atoms with Gasteiger partial charge in [-0.1, -0.05) is 19.1 Å². The summed E-state index contributed by atoms with van der Waals surface area (Å²) in [5, 5.41) is 10.6. The zero-order valence-electron chi connectivity index (χ0n) is 15.0. The van der Waals surface area contributed by atoms with Gasteiger partial charge in [-0.2, -0.15) is 10.1 Å². The van der Waals surface area contributed by atoms with Crippen molar-refractivity contribution >= 4 is 24.3 Å². The normalized spacial score (nSPS) is 16.0. The Morgan fingerprint density at radius 3 is 2.85 bits per heavy atom. The third kappa shape index (κ3) is 5.02. The first-order chi connectivity index (χ1) is 12.0. The minimum absolute atomic E-state index is 0. The van der Waals surface area contributed by atoms with Crippen LogP contribution in [0.3, 0.4) is 0 Å². The standard InChI is InChI=1S/C18H24FN5O.ClH/c1-12(10-13-4-3-5-15(19)11-13)17(25)22-18-21-16(23-24(18)2)14-6-8-20-9-7-14;/h3-5,11-12,14,20H,6-10H2,1-2H3,(H,21,22,23,25);1H. The van der Waals surface area contributed by atoms with Crippen LogP contribution in [-0.4, -0.2) is 33.8 Å². The highest BCUT2D eigenvalue weighted by atomic mass is 35.5. The number of piperidine rings is 1. The Morgan fingerprint density at radius 2 is 2.15 bits per heavy atom. The van der Waals surface area contributed by atoms with Gasteiger partial charge in [0.25, 0.3) is 0 Å². The molecule has 8 heteroatoms. The predicted molar refractivity (Wildman–Crippen MR) is 101 cm³/mol. The average molecular weight is 382 g/mol. The molecule has 1 atom stereocenters. The number of rotatable bonds is 5. The number of aryl methyl sites for hydroxylation is 1. The zero-order valence-corrected chi connectivity index (χ0v) is 15.9. The first kappa shape index (κ1) is 20.3. The van der Waals surface area contributed by atoms with Gasteiger partial charge in [-0.15, -0.1) is 12.4 Å². The molecule has 2 aromatic rings. The minimum Gasteiger partial charge on any atom is -0.317 e. The number of amides is 1. The van der Waals surface area contributed by atoms with E-state index in [-0.39, 0.29) is 30.0 Å². The molecule has 1 aromatic heterocycles. The fraction of sp³-hybridized carbons (Fsp3) is 0.500. The summed E-state index contributed by atoms with van der Waals surface area (Å²) >= 11 is 0. The van der Waals surface area contributed by atoms with Gasteiger partial charge in [-0.25, -0.2) is 9.07 Å². The summed E-state index contributed by atoms with van der Waals surface area (Å²) in [4.78, 5) is 17.0. The largest absolute Gasteiger partial charge is 0.317 e. The lowest BCUT2D eigenvalue weighted by Crippen LogP contribution is -2.27. The fourth-order valence-electron chi connectivity index (χ4n) is 3.11. The molecule has 0 radical (unpaired) electrons. The topological polar surface area (TPSA) is 71.8 Å². The lowest BCUT2D eigenvalue weighted by atomic mass is 9.98. The molecule has 0 saturated carbocycles. The Bertz CT molecular complexity index is 745. The molecule has 1 saturated heterocycles. The fourth-order valence-corrected chi connectivity index (χ4v) is 3.11. The number of carbonyl (C=O) groups is 1. The van der Waals surface area contributed by atoms with Gasteiger partial charge in [0.1, 0.15) is 5.82 Å². The molecule has 1 amide bonds. The molecule has 1 aliphatic rings. The van der Waals surface area contributed by atoms with Crippen molar-refractivity contribution in [2.45, 2.75) is 32.1 Å². The number of nitrogens with zero attached hydrogens (tertiary/aromatic N) is 3. The first-order valence-corrected chi connectivity index (χ1v) is 8.70. The molecule has 6 nitrogen and oxygen atoms in total. The van der Waals surface area contributed by atoms with Crippen LogP contribution in [-0.2, 0) is 18.3 Å². The second kappa shape index (κ2) is 9.09. The molecular weight excluding hydrogens is 357 g/mol. The monoisotopic (exact) mass is 381 g/mol. The van der Waals surface area contributed by atoms with Crippen molar-refractivity contribution in [2.75, 3.05) is 18.4 Å². The van der Waals surface area contributed by atoms with E-state index in [0.717, 1.165) is 37.3 Å². The zero-order chi connectivity index (χ0) is 17.8. The van der Waals surface area contributed by atoms with E-state index in [1.807, 2.05) is 13.0 Å². The number of benzene rings is 1. The lowest BCUT2D eigenvalue weighted by Gasteiger charge is -2.19. The lowest BCUT2D eigenvalue weighted by molar-refractivity contribution is -0.119. The summed E-state index contributed by atoms with van der Waals surface area (Å²) in [5.74, 6) is 0.868. The van der Waals surface area contributed by atoms with Crippen LogP contribution in [0.1, 0.15) is 37.1 Å². The Hall–Kier alpha value is -1.99. The molecule has 3 rings (SSSR count). The van der Waals surface area contributed by atoms with Gasteiger partial charge in [0.2, 0.25) is 11.9 Å². The molecule has 2 N–H and O–H groups in total. The van der Waals surface area contributed by atoms with Gasteiger partial charge < -0.3 is 5.32 Å². The van der Waals surface area contributed by atoms with Crippen LogP contribution >= 0.6 is 12.4 Å². The molecule has 142 valence electrons. The van der Waals surface area contributed by atoms with Gasteiger partial charge in [0.15, 0.2) is 5.82 Å². The second-order valence-electron chi connectivity index (χ2n) is 6.67. The quantitative estimate of drug-likeness (QED) is 0.835. The molecule has 1 aliphatic heterocycles. The summed E-state index contributed by atoms with van der Waals surface area (Å²) < 4.78 is 14.9. The third-order valence-corrected chi connectivity index (χ3v) is 4.60. The van der Waals surface area contributed by atoms with E-state index in [9.17, 15) is 9.18 Å². The molecule has 1 fully saturated rings. The van der Waals surface area contributed by atoms with Gasteiger partial charge in [0, 0.05) is 18.9 Å². The molecule has 1 unspecified atom stereocenters. The highest BCUT2D eigenvalue weighted by molar-refractivity contribution is 5.90. The highest BCUT2D eigenvalue weighted by Gasteiger charge is 2.22. The molecule has 1 aromatic carbocycles. The van der Waals surface area contributed by atoms with Crippen LogP contribution in [0.4, 0.5) is 10.3 Å². The Kier molecular flexibility index (Phi) is 7.11. The van der Waals surface area contributed by atoms with Crippen molar-refractivity contribution < 1.29 is 9.18 Å². The Labute approximate surface area is 159 Å². The van der Waals surface area contributed by atoms with E-state index >= 15 is 0 Å². The van der Waals surface area contributed by atoms with Gasteiger partial charge in [-0.3, -0.25) is 10.1 Å². The van der Waals surface area contributed by atoms with Crippen molar-refractivity contribution in [3.63, 3.8) is 0 Å². The summed E-state index contributed by atoms with van der Waals surface area (Å²) in [7, 11) is 1.78. The van der Waals surface area contributed by atoms with E-state index in [4.69, 9.17) is 0 Å². The first-order valence-electron chi connectivity index (χ1n) is 8.70. The maximum Gasteiger partial charge on any atom is 0.229 e. The summed E-state index contributed by atoms with van der Waals surface area (Å²) in [6, 6.07) is 6.34. The van der Waals surface area contributed by atoms with E-state index in [1.54, 1.807) is 17.8 Å². The third-order valence-electron chi connectivity index (χ3n) is 4.60. The van der Waals surface area contributed by atoms with E-state index in [2.05, 4.69) is 20.7 Å². The van der Waals surface area contributed by atoms with Crippen LogP contribution in [0, 0.1) is 11.7 Å². The van der Waals surface area contributed by atoms with Crippen LogP contribution in [0.2, 0.25) is 0 Å². The molecule has 2 heterocycles. The molecule has 0 bridgehead atoms. The van der Waals surface area contributed by atoms with Gasteiger partial charge in [0.05, 0.1) is 0 Å². The summed E-state index contributed by atoms with van der Waals surface area (Å²) in [6.45, 7) is 3.76. The number of halogens is 2. The van der Waals surface area contributed by atoms with Crippen LogP contribution in [0.5, 0.6) is 0 Å². The minimum atomic E-state index is -0.291. The van der Waals surface area contributed by atoms with Gasteiger partial charge >= 0.3 is 0 Å². The van der Waals surface area contributed by atoms with Crippen LogP contribution in [0.25, 0.3) is 0 Å².